The number of hydrogen-bond donors (Lipinski definition) is 0. The molecule has 0 aromatic heterocycles. The van der Waals surface area contributed by atoms with E-state index in [2.05, 4.69) is 13.8 Å². The van der Waals surface area contributed by atoms with Gasteiger partial charge in [-0.2, -0.15) is 9.78 Å². The van der Waals surface area contributed by atoms with E-state index in [0.717, 1.165) is 25.7 Å². The summed E-state index contributed by atoms with van der Waals surface area (Å²) < 4.78 is 0. The van der Waals surface area contributed by atoms with Crippen LogP contribution < -0.4 is 0 Å². The third-order valence-electron chi connectivity index (χ3n) is 3.25. The van der Waals surface area contributed by atoms with Crippen LogP contribution in [-0.2, 0) is 19.6 Å². The van der Waals surface area contributed by atoms with Gasteiger partial charge >= 0.3 is 0 Å². The van der Waals surface area contributed by atoms with Crippen LogP contribution in [0.2, 0.25) is 0 Å². The smallest absolute Gasteiger partial charge is 0.228 e. The van der Waals surface area contributed by atoms with Gasteiger partial charge in [0.05, 0.1) is 11.2 Å². The first-order valence-electron chi connectivity index (χ1n) is 7.56. The van der Waals surface area contributed by atoms with E-state index in [1.807, 2.05) is 41.5 Å². The van der Waals surface area contributed by atoms with Crippen molar-refractivity contribution in [1.82, 2.24) is 0 Å². The van der Waals surface area contributed by atoms with E-state index in [9.17, 15) is 0 Å². The second kappa shape index (κ2) is 5.91. The molecule has 4 nitrogen and oxygen atoms in total. The summed E-state index contributed by atoms with van der Waals surface area (Å²) in [6.07, 6.45) is 3.58. The first-order valence-corrected chi connectivity index (χ1v) is 7.56. The Hall–Kier alpha value is -0.160. The molecule has 1 rings (SSSR count). The monoisotopic (exact) mass is 288 g/mol. The van der Waals surface area contributed by atoms with Gasteiger partial charge in [-0.3, -0.25) is 0 Å². The zero-order chi connectivity index (χ0) is 15.7. The molecule has 0 atom stereocenters. The molecule has 0 saturated heterocycles. The highest BCUT2D eigenvalue weighted by molar-refractivity contribution is 4.83. The van der Waals surface area contributed by atoms with E-state index >= 15 is 0 Å². The molecular weight excluding hydrogens is 256 g/mol. The predicted molar refractivity (Wildman–Crippen MR) is 78.8 cm³/mol. The van der Waals surface area contributed by atoms with E-state index in [1.165, 1.54) is 0 Å². The normalized spacial score (nSPS) is 22.8. The van der Waals surface area contributed by atoms with Gasteiger partial charge < -0.3 is 0 Å². The highest BCUT2D eigenvalue weighted by atomic mass is 17.3. The molecule has 0 amide bonds. The minimum absolute atomic E-state index is 0.319. The molecule has 0 spiro atoms. The summed E-state index contributed by atoms with van der Waals surface area (Å²) >= 11 is 0. The zero-order valence-corrected chi connectivity index (χ0v) is 14.5. The van der Waals surface area contributed by atoms with Crippen molar-refractivity contribution < 1.29 is 19.6 Å². The van der Waals surface area contributed by atoms with Gasteiger partial charge in [0.25, 0.3) is 0 Å². The number of hydrogen-bond acceptors (Lipinski definition) is 4. The Bertz CT molecular complexity index is 279. The molecule has 0 radical (unpaired) electrons. The molecule has 0 unspecified atom stereocenters. The fraction of sp³-hybridized carbons (Fsp3) is 1.00. The van der Waals surface area contributed by atoms with Crippen molar-refractivity contribution in [1.29, 1.82) is 0 Å². The molecule has 0 aliphatic heterocycles. The summed E-state index contributed by atoms with van der Waals surface area (Å²) in [6.45, 7) is 16.3. The van der Waals surface area contributed by atoms with Crippen LogP contribution in [0.5, 0.6) is 0 Å². The van der Waals surface area contributed by atoms with Crippen molar-refractivity contribution in [3.05, 3.63) is 0 Å². The summed E-state index contributed by atoms with van der Waals surface area (Å²) in [5.74, 6) is -0.796. The first-order chi connectivity index (χ1) is 8.83. The van der Waals surface area contributed by atoms with Gasteiger partial charge in [-0.15, -0.1) is 0 Å². The summed E-state index contributed by atoms with van der Waals surface area (Å²) in [6, 6.07) is 0. The quantitative estimate of drug-likeness (QED) is 0.424. The Morgan fingerprint density at radius 3 is 1.30 bits per heavy atom. The Kier molecular flexibility index (Phi) is 5.29. The van der Waals surface area contributed by atoms with Crippen molar-refractivity contribution in [3.63, 3.8) is 0 Å². The van der Waals surface area contributed by atoms with Gasteiger partial charge in [0.15, 0.2) is 0 Å². The molecule has 1 fully saturated rings. The van der Waals surface area contributed by atoms with Crippen LogP contribution in [0.4, 0.5) is 0 Å². The van der Waals surface area contributed by atoms with E-state index in [0.29, 0.717) is 5.41 Å². The van der Waals surface area contributed by atoms with Crippen LogP contribution in [0.15, 0.2) is 0 Å². The summed E-state index contributed by atoms with van der Waals surface area (Å²) in [4.78, 5) is 22.4. The molecular formula is C16H32O4. The molecule has 0 aromatic rings. The third-order valence-corrected chi connectivity index (χ3v) is 3.25. The molecule has 0 heterocycles. The standard InChI is InChI=1S/C16H32O4/c1-13(2,3)17-19-16(20-18-14(4,5)6)11-9-15(7,8)10-12-16/h9-12H2,1-8H3. The fourth-order valence-corrected chi connectivity index (χ4v) is 1.89. The van der Waals surface area contributed by atoms with Crippen LogP contribution in [0.1, 0.15) is 81.1 Å². The molecule has 1 aliphatic carbocycles. The third kappa shape index (κ3) is 6.53. The van der Waals surface area contributed by atoms with Gasteiger partial charge in [0, 0.05) is 12.8 Å². The van der Waals surface area contributed by atoms with Gasteiger partial charge in [-0.1, -0.05) is 13.8 Å². The molecule has 1 aliphatic rings. The van der Waals surface area contributed by atoms with Gasteiger partial charge in [0.2, 0.25) is 5.79 Å². The highest BCUT2D eigenvalue weighted by Crippen LogP contribution is 2.43. The van der Waals surface area contributed by atoms with Crippen molar-refractivity contribution in [3.8, 4) is 0 Å². The van der Waals surface area contributed by atoms with Gasteiger partial charge in [-0.05, 0) is 59.8 Å². The van der Waals surface area contributed by atoms with Crippen LogP contribution in [0, 0.1) is 5.41 Å². The lowest BCUT2D eigenvalue weighted by atomic mass is 9.75. The van der Waals surface area contributed by atoms with Crippen LogP contribution in [0.25, 0.3) is 0 Å². The minimum atomic E-state index is -0.796. The van der Waals surface area contributed by atoms with E-state index in [4.69, 9.17) is 19.6 Å². The summed E-state index contributed by atoms with van der Waals surface area (Å²) in [5, 5.41) is 0. The molecule has 4 heteroatoms. The van der Waals surface area contributed by atoms with Crippen molar-refractivity contribution in [2.24, 2.45) is 5.41 Å². The lowest BCUT2D eigenvalue weighted by Gasteiger charge is -2.42. The second-order valence-corrected chi connectivity index (χ2v) is 8.63. The fourth-order valence-electron chi connectivity index (χ4n) is 1.89. The van der Waals surface area contributed by atoms with Gasteiger partial charge in [0.1, 0.15) is 0 Å². The maximum atomic E-state index is 5.68. The minimum Gasteiger partial charge on any atom is -0.228 e. The van der Waals surface area contributed by atoms with E-state index in [1.54, 1.807) is 0 Å². The average molecular weight is 288 g/mol. The Balaban J connectivity index is 2.69. The maximum absolute atomic E-state index is 5.68. The largest absolute Gasteiger partial charge is 0.234 e. The van der Waals surface area contributed by atoms with Crippen molar-refractivity contribution in [2.75, 3.05) is 0 Å². The van der Waals surface area contributed by atoms with Crippen LogP contribution in [0.3, 0.4) is 0 Å². The maximum Gasteiger partial charge on any atom is 0.234 e. The Morgan fingerprint density at radius 1 is 0.650 bits per heavy atom. The molecule has 120 valence electrons. The van der Waals surface area contributed by atoms with Crippen molar-refractivity contribution >= 4 is 0 Å². The SMILES string of the molecule is CC1(C)CCC(OOC(C)(C)C)(OOC(C)(C)C)CC1. The lowest BCUT2D eigenvalue weighted by molar-refractivity contribution is -0.547. The molecule has 20 heavy (non-hydrogen) atoms. The molecule has 0 aromatic carbocycles. The first kappa shape index (κ1) is 17.9. The molecule has 0 bridgehead atoms. The molecule has 1 saturated carbocycles. The average Bonchev–Trinajstić information content (AvgIpc) is 2.25. The van der Waals surface area contributed by atoms with Crippen LogP contribution in [-0.4, -0.2) is 17.0 Å². The van der Waals surface area contributed by atoms with Crippen molar-refractivity contribution in [2.45, 2.75) is 98.1 Å². The number of rotatable bonds is 4. The highest BCUT2D eigenvalue weighted by Gasteiger charge is 2.44. The second-order valence-electron chi connectivity index (χ2n) is 8.63. The van der Waals surface area contributed by atoms with E-state index < -0.39 is 5.79 Å². The predicted octanol–water partition coefficient (Wildman–Crippen LogP) is 4.78. The van der Waals surface area contributed by atoms with Gasteiger partial charge in [-0.25, -0.2) is 9.78 Å². The summed E-state index contributed by atoms with van der Waals surface area (Å²) in [5.41, 5.74) is -0.421. The van der Waals surface area contributed by atoms with Crippen LogP contribution >= 0.6 is 0 Å². The zero-order valence-electron chi connectivity index (χ0n) is 14.5. The van der Waals surface area contributed by atoms with E-state index in [-0.39, 0.29) is 11.2 Å². The lowest BCUT2D eigenvalue weighted by Crippen LogP contribution is -2.45. The Morgan fingerprint density at radius 2 is 1.00 bits per heavy atom. The molecule has 0 N–H and O–H groups in total. The summed E-state index contributed by atoms with van der Waals surface area (Å²) in [7, 11) is 0. The Labute approximate surface area is 124 Å². The topological polar surface area (TPSA) is 36.9 Å².